The molecule has 7 heteroatoms. The van der Waals surface area contributed by atoms with E-state index >= 15 is 0 Å². The Labute approximate surface area is 102 Å². The van der Waals surface area contributed by atoms with Crippen LogP contribution < -0.4 is 0 Å². The van der Waals surface area contributed by atoms with E-state index in [2.05, 4.69) is 10.3 Å². The minimum absolute atomic E-state index is 0.0769. The highest BCUT2D eigenvalue weighted by Crippen LogP contribution is 2.03. The molecular weight excluding hydrogens is 242 g/mol. The number of hydrogen-bond donors (Lipinski definition) is 1. The first kappa shape index (κ1) is 14.1. The minimum atomic E-state index is -3.03. The Morgan fingerprint density at radius 3 is 2.76 bits per heavy atom. The first-order valence-corrected chi connectivity index (χ1v) is 7.38. The summed E-state index contributed by atoms with van der Waals surface area (Å²) in [6, 6.07) is 0. The van der Waals surface area contributed by atoms with Gasteiger partial charge in [-0.2, -0.15) is 0 Å². The van der Waals surface area contributed by atoms with Gasteiger partial charge in [0.25, 0.3) is 0 Å². The summed E-state index contributed by atoms with van der Waals surface area (Å²) in [6.45, 7) is 3.79. The van der Waals surface area contributed by atoms with Gasteiger partial charge < -0.3 is 5.11 Å². The Bertz CT molecular complexity index is 439. The monoisotopic (exact) mass is 261 g/mol. The van der Waals surface area contributed by atoms with Crippen molar-refractivity contribution < 1.29 is 13.5 Å². The molecule has 0 aromatic carbocycles. The van der Waals surface area contributed by atoms with Crippen molar-refractivity contribution in [3.8, 4) is 0 Å². The molecule has 17 heavy (non-hydrogen) atoms. The van der Waals surface area contributed by atoms with Gasteiger partial charge in [0.2, 0.25) is 0 Å². The van der Waals surface area contributed by atoms with Crippen LogP contribution in [0.5, 0.6) is 0 Å². The fraction of sp³-hybridized carbons (Fsp3) is 0.800. The fourth-order valence-electron chi connectivity index (χ4n) is 1.28. The van der Waals surface area contributed by atoms with E-state index in [-0.39, 0.29) is 17.6 Å². The van der Waals surface area contributed by atoms with Crippen LogP contribution in [0.4, 0.5) is 0 Å². The molecule has 0 aliphatic heterocycles. The number of aliphatic hydroxyl groups is 1. The first-order chi connectivity index (χ1) is 7.95. The van der Waals surface area contributed by atoms with Crippen molar-refractivity contribution in [2.24, 2.45) is 0 Å². The molecule has 1 aromatic heterocycles. The van der Waals surface area contributed by atoms with Gasteiger partial charge in [0.15, 0.2) is 9.84 Å². The van der Waals surface area contributed by atoms with Crippen LogP contribution in [0.15, 0.2) is 6.20 Å². The van der Waals surface area contributed by atoms with Gasteiger partial charge in [0.05, 0.1) is 23.2 Å². The smallest absolute Gasteiger partial charge is 0.154 e. The molecule has 0 aliphatic rings. The SMILES string of the molecule is CC(C)S(=O)(=O)CCn1cc(CCCO)nn1. The Kier molecular flexibility index (Phi) is 5.07. The van der Waals surface area contributed by atoms with Gasteiger partial charge in [-0.15, -0.1) is 5.10 Å². The molecular formula is C10H19N3O3S. The minimum Gasteiger partial charge on any atom is -0.396 e. The molecule has 0 bridgehead atoms. The van der Waals surface area contributed by atoms with Crippen molar-refractivity contribution >= 4 is 9.84 Å². The summed E-state index contributed by atoms with van der Waals surface area (Å²) < 4.78 is 24.7. The second-order valence-corrected chi connectivity index (χ2v) is 6.89. The molecule has 0 fully saturated rings. The van der Waals surface area contributed by atoms with Crippen molar-refractivity contribution in [1.82, 2.24) is 15.0 Å². The summed E-state index contributed by atoms with van der Waals surface area (Å²) in [7, 11) is -3.03. The second kappa shape index (κ2) is 6.11. The zero-order chi connectivity index (χ0) is 12.9. The summed E-state index contributed by atoms with van der Waals surface area (Å²) in [5, 5.41) is 16.1. The van der Waals surface area contributed by atoms with Gasteiger partial charge in [-0.25, -0.2) is 8.42 Å². The molecule has 0 unspecified atom stereocenters. The molecule has 0 radical (unpaired) electrons. The van der Waals surface area contributed by atoms with E-state index < -0.39 is 9.84 Å². The van der Waals surface area contributed by atoms with Gasteiger partial charge in [0, 0.05) is 12.8 Å². The summed E-state index contributed by atoms with van der Waals surface area (Å²) >= 11 is 0. The fourth-order valence-corrected chi connectivity index (χ4v) is 2.19. The van der Waals surface area contributed by atoms with Crippen LogP contribution in [-0.2, 0) is 22.8 Å². The average molecular weight is 261 g/mol. The first-order valence-electron chi connectivity index (χ1n) is 5.67. The topological polar surface area (TPSA) is 85.1 Å². The molecule has 98 valence electrons. The van der Waals surface area contributed by atoms with Crippen LogP contribution in [0.3, 0.4) is 0 Å². The van der Waals surface area contributed by atoms with E-state index in [1.807, 2.05) is 0 Å². The third-order valence-corrected chi connectivity index (χ3v) is 4.69. The highest BCUT2D eigenvalue weighted by Gasteiger charge is 2.16. The van der Waals surface area contributed by atoms with E-state index in [0.717, 1.165) is 5.69 Å². The van der Waals surface area contributed by atoms with Crippen LogP contribution in [0.1, 0.15) is 26.0 Å². The molecule has 1 aromatic rings. The van der Waals surface area contributed by atoms with E-state index in [0.29, 0.717) is 19.4 Å². The molecule has 0 atom stereocenters. The third-order valence-electron chi connectivity index (χ3n) is 2.50. The largest absolute Gasteiger partial charge is 0.396 e. The molecule has 0 saturated heterocycles. The molecule has 1 N–H and O–H groups in total. The predicted molar refractivity (Wildman–Crippen MR) is 64.4 cm³/mol. The maximum atomic E-state index is 11.6. The van der Waals surface area contributed by atoms with Crippen LogP contribution >= 0.6 is 0 Å². The number of nitrogens with zero attached hydrogens (tertiary/aromatic N) is 3. The lowest BCUT2D eigenvalue weighted by atomic mass is 10.3. The van der Waals surface area contributed by atoms with E-state index in [9.17, 15) is 8.42 Å². The van der Waals surface area contributed by atoms with Crippen molar-refractivity contribution in [2.75, 3.05) is 12.4 Å². The predicted octanol–water partition coefficient (Wildman–Crippen LogP) is 0.0262. The highest BCUT2D eigenvalue weighted by molar-refractivity contribution is 7.91. The van der Waals surface area contributed by atoms with Gasteiger partial charge in [0.1, 0.15) is 0 Å². The van der Waals surface area contributed by atoms with Crippen LogP contribution in [0.25, 0.3) is 0 Å². The van der Waals surface area contributed by atoms with E-state index in [1.54, 1.807) is 20.0 Å². The van der Waals surface area contributed by atoms with Crippen molar-refractivity contribution in [3.63, 3.8) is 0 Å². The molecule has 0 saturated carbocycles. The molecule has 6 nitrogen and oxygen atoms in total. The summed E-state index contributed by atoms with van der Waals surface area (Å²) in [4.78, 5) is 0. The lowest BCUT2D eigenvalue weighted by Crippen LogP contribution is -2.21. The Balaban J connectivity index is 2.50. The Morgan fingerprint density at radius 2 is 2.18 bits per heavy atom. The number of rotatable bonds is 7. The maximum Gasteiger partial charge on any atom is 0.154 e. The van der Waals surface area contributed by atoms with Crippen molar-refractivity contribution in [1.29, 1.82) is 0 Å². The zero-order valence-corrected chi connectivity index (χ0v) is 11.0. The molecule has 0 spiro atoms. The second-order valence-electron chi connectivity index (χ2n) is 4.22. The lowest BCUT2D eigenvalue weighted by Gasteiger charge is -2.06. The molecule has 1 rings (SSSR count). The average Bonchev–Trinajstić information content (AvgIpc) is 2.71. The van der Waals surface area contributed by atoms with Crippen molar-refractivity contribution in [2.45, 2.75) is 38.5 Å². The van der Waals surface area contributed by atoms with Crippen LogP contribution in [0.2, 0.25) is 0 Å². The maximum absolute atomic E-state index is 11.6. The third kappa shape index (κ3) is 4.43. The summed E-state index contributed by atoms with van der Waals surface area (Å²) in [5.74, 6) is 0.0769. The molecule has 0 aliphatic carbocycles. The van der Waals surface area contributed by atoms with Gasteiger partial charge >= 0.3 is 0 Å². The van der Waals surface area contributed by atoms with Crippen LogP contribution in [-0.4, -0.2) is 46.1 Å². The number of hydrogen-bond acceptors (Lipinski definition) is 5. The number of aryl methyl sites for hydroxylation is 2. The summed E-state index contributed by atoms with van der Waals surface area (Å²) in [6.07, 6.45) is 3.03. The van der Waals surface area contributed by atoms with E-state index in [4.69, 9.17) is 5.11 Å². The quantitative estimate of drug-likeness (QED) is 0.748. The number of sulfone groups is 1. The van der Waals surface area contributed by atoms with E-state index in [1.165, 1.54) is 4.68 Å². The highest BCUT2D eigenvalue weighted by atomic mass is 32.2. The van der Waals surface area contributed by atoms with Crippen molar-refractivity contribution in [3.05, 3.63) is 11.9 Å². The zero-order valence-electron chi connectivity index (χ0n) is 10.2. The standard InChI is InChI=1S/C10H19N3O3S/c1-9(2)17(15,16)7-5-13-8-10(11-12-13)4-3-6-14/h8-9,14H,3-7H2,1-2H3. The van der Waals surface area contributed by atoms with Gasteiger partial charge in [-0.1, -0.05) is 5.21 Å². The number of aliphatic hydroxyl groups excluding tert-OH is 1. The Hall–Kier alpha value is -0.950. The summed E-state index contributed by atoms with van der Waals surface area (Å²) in [5.41, 5.74) is 0.779. The number of aromatic nitrogens is 3. The Morgan fingerprint density at radius 1 is 1.47 bits per heavy atom. The molecule has 1 heterocycles. The molecule has 0 amide bonds. The van der Waals surface area contributed by atoms with Crippen LogP contribution in [0, 0.1) is 0 Å². The lowest BCUT2D eigenvalue weighted by molar-refractivity contribution is 0.288. The van der Waals surface area contributed by atoms with Gasteiger partial charge in [-0.3, -0.25) is 4.68 Å². The normalized spacial score (nSPS) is 12.2. The van der Waals surface area contributed by atoms with Gasteiger partial charge in [-0.05, 0) is 26.7 Å².